The van der Waals surface area contributed by atoms with Crippen LogP contribution < -0.4 is 0 Å². The van der Waals surface area contributed by atoms with Crippen LogP contribution in [0, 0.1) is 0 Å². The van der Waals surface area contributed by atoms with Crippen molar-refractivity contribution in [2.45, 2.75) is 26.2 Å². The van der Waals surface area contributed by atoms with Crippen LogP contribution in [-0.4, -0.2) is 24.2 Å². The summed E-state index contributed by atoms with van der Waals surface area (Å²) in [6.45, 7) is 1.98. The second-order valence-corrected chi connectivity index (χ2v) is 3.83. The van der Waals surface area contributed by atoms with Crippen LogP contribution in [0.4, 0.5) is 0 Å². The van der Waals surface area contributed by atoms with Crippen molar-refractivity contribution in [2.24, 2.45) is 0 Å². The fourth-order valence-corrected chi connectivity index (χ4v) is 1.49. The van der Waals surface area contributed by atoms with E-state index in [4.69, 9.17) is 20.8 Å². The number of rotatable bonds is 7. The Morgan fingerprint density at radius 2 is 2.00 bits per heavy atom. The summed E-state index contributed by atoms with van der Waals surface area (Å²) < 4.78 is 9.89. The van der Waals surface area contributed by atoms with Crippen molar-refractivity contribution in [1.82, 2.24) is 0 Å². The number of ether oxygens (including phenoxy) is 1. The van der Waals surface area contributed by atoms with E-state index in [1.54, 1.807) is 6.92 Å². The number of carbonyl (C=O) groups excluding carboxylic acids is 2. The second kappa shape index (κ2) is 7.12. The molecule has 0 fully saturated rings. The predicted octanol–water partition coefficient (Wildman–Crippen LogP) is 3.05. The summed E-state index contributed by atoms with van der Waals surface area (Å²) in [5, 5.41) is 0. The first kappa shape index (κ1) is 13.8. The van der Waals surface area contributed by atoms with E-state index in [1.807, 2.05) is 0 Å². The predicted molar refractivity (Wildman–Crippen MR) is 63.6 cm³/mol. The maximum Gasteiger partial charge on any atom is 0.374 e. The topological polar surface area (TPSA) is 56.5 Å². The first-order valence-electron chi connectivity index (χ1n) is 5.55. The molecule has 0 N–H and O–H groups in total. The van der Waals surface area contributed by atoms with Gasteiger partial charge in [-0.15, -0.1) is 11.6 Å². The number of furan rings is 1. The van der Waals surface area contributed by atoms with Crippen molar-refractivity contribution < 1.29 is 18.7 Å². The minimum absolute atomic E-state index is 0.0625. The summed E-state index contributed by atoms with van der Waals surface area (Å²) in [5.74, 6) is 0.132. The van der Waals surface area contributed by atoms with Gasteiger partial charge in [0, 0.05) is 12.3 Å². The summed E-state index contributed by atoms with van der Waals surface area (Å²) in [4.78, 5) is 22.9. The third kappa shape index (κ3) is 4.23. The largest absolute Gasteiger partial charge is 0.460 e. The van der Waals surface area contributed by atoms with Crippen molar-refractivity contribution in [3.05, 3.63) is 23.7 Å². The second-order valence-electron chi connectivity index (χ2n) is 3.45. The minimum atomic E-state index is -0.549. The molecule has 0 amide bonds. The number of alkyl halides is 1. The van der Waals surface area contributed by atoms with Crippen LogP contribution in [0.1, 0.15) is 47.3 Å². The molecule has 0 saturated heterocycles. The monoisotopic (exact) mass is 258 g/mol. The molecule has 1 rings (SSSR count). The first-order chi connectivity index (χ1) is 8.19. The minimum Gasteiger partial charge on any atom is -0.460 e. The zero-order valence-electron chi connectivity index (χ0n) is 9.70. The van der Waals surface area contributed by atoms with E-state index in [2.05, 4.69) is 0 Å². The Morgan fingerprint density at radius 1 is 1.29 bits per heavy atom. The van der Waals surface area contributed by atoms with Gasteiger partial charge in [0.25, 0.3) is 0 Å². The van der Waals surface area contributed by atoms with Gasteiger partial charge in [0.15, 0.2) is 11.5 Å². The Morgan fingerprint density at radius 3 is 2.65 bits per heavy atom. The highest BCUT2D eigenvalue weighted by Gasteiger charge is 2.15. The van der Waals surface area contributed by atoms with Gasteiger partial charge in [-0.05, 0) is 31.9 Å². The van der Waals surface area contributed by atoms with E-state index in [-0.39, 0.29) is 23.9 Å². The summed E-state index contributed by atoms with van der Waals surface area (Å²) >= 11 is 5.52. The van der Waals surface area contributed by atoms with Crippen LogP contribution >= 0.6 is 11.6 Å². The van der Waals surface area contributed by atoms with Crippen LogP contribution in [0.2, 0.25) is 0 Å². The molecule has 0 aliphatic rings. The van der Waals surface area contributed by atoms with Crippen LogP contribution in [-0.2, 0) is 4.74 Å². The summed E-state index contributed by atoms with van der Waals surface area (Å²) in [5.41, 5.74) is 0. The van der Waals surface area contributed by atoms with Crippen LogP contribution in [0.3, 0.4) is 0 Å². The zero-order chi connectivity index (χ0) is 12.7. The lowest BCUT2D eigenvalue weighted by atomic mass is 10.1. The molecule has 0 aromatic carbocycles. The summed E-state index contributed by atoms with van der Waals surface area (Å²) in [6.07, 6.45) is 1.89. The third-order valence-corrected chi connectivity index (χ3v) is 2.41. The molecule has 4 nitrogen and oxygen atoms in total. The van der Waals surface area contributed by atoms with Crippen LogP contribution in [0.25, 0.3) is 0 Å². The fourth-order valence-electron chi connectivity index (χ4n) is 1.30. The van der Waals surface area contributed by atoms with E-state index in [0.717, 1.165) is 12.8 Å². The maximum absolute atomic E-state index is 11.6. The Labute approximate surface area is 105 Å². The molecule has 0 atom stereocenters. The molecular weight excluding hydrogens is 244 g/mol. The smallest absolute Gasteiger partial charge is 0.374 e. The highest BCUT2D eigenvalue weighted by molar-refractivity contribution is 6.17. The maximum atomic E-state index is 11.6. The lowest BCUT2D eigenvalue weighted by Crippen LogP contribution is -2.03. The Bertz CT molecular complexity index is 384. The normalized spacial score (nSPS) is 10.2. The van der Waals surface area contributed by atoms with Gasteiger partial charge in [0.1, 0.15) is 0 Å². The number of hydrogen-bond donors (Lipinski definition) is 0. The molecule has 1 heterocycles. The number of unbranched alkanes of at least 4 members (excludes halogenated alkanes) is 1. The Hall–Kier alpha value is -1.29. The molecule has 17 heavy (non-hydrogen) atoms. The number of carbonyl (C=O) groups is 2. The molecular formula is C12H15ClO4. The van der Waals surface area contributed by atoms with E-state index in [1.165, 1.54) is 12.1 Å². The van der Waals surface area contributed by atoms with Crippen molar-refractivity contribution in [2.75, 3.05) is 12.5 Å². The lowest BCUT2D eigenvalue weighted by molar-refractivity contribution is 0.0488. The first-order valence-corrected chi connectivity index (χ1v) is 6.08. The van der Waals surface area contributed by atoms with Gasteiger partial charge in [0.05, 0.1) is 6.61 Å². The van der Waals surface area contributed by atoms with Gasteiger partial charge in [-0.25, -0.2) is 4.79 Å². The molecule has 0 aliphatic carbocycles. The molecule has 0 saturated carbocycles. The average Bonchev–Trinajstić information content (AvgIpc) is 2.79. The molecule has 0 spiro atoms. The van der Waals surface area contributed by atoms with Crippen LogP contribution in [0.5, 0.6) is 0 Å². The van der Waals surface area contributed by atoms with Crippen molar-refractivity contribution in [3.63, 3.8) is 0 Å². The number of esters is 1. The van der Waals surface area contributed by atoms with Crippen molar-refractivity contribution in [1.29, 1.82) is 0 Å². The van der Waals surface area contributed by atoms with Gasteiger partial charge < -0.3 is 9.15 Å². The molecule has 5 heteroatoms. The number of ketones is 1. The van der Waals surface area contributed by atoms with E-state index >= 15 is 0 Å². The Balaban J connectivity index is 2.55. The molecule has 94 valence electrons. The summed E-state index contributed by atoms with van der Waals surface area (Å²) in [6, 6.07) is 2.95. The highest BCUT2D eigenvalue weighted by atomic mass is 35.5. The third-order valence-electron chi connectivity index (χ3n) is 2.14. The zero-order valence-corrected chi connectivity index (χ0v) is 10.5. The van der Waals surface area contributed by atoms with Crippen molar-refractivity contribution in [3.8, 4) is 0 Å². The standard InChI is InChI=1S/C12H15ClO4/c1-2-16-12(15)11-7-6-10(17-11)9(14)5-3-4-8-13/h6-7H,2-5,8H2,1H3. The van der Waals surface area contributed by atoms with Gasteiger partial charge in [-0.3, -0.25) is 4.79 Å². The molecule has 0 bridgehead atoms. The van der Waals surface area contributed by atoms with Gasteiger partial charge in [-0.1, -0.05) is 0 Å². The average molecular weight is 259 g/mol. The molecule has 1 aromatic rings. The van der Waals surface area contributed by atoms with E-state index < -0.39 is 5.97 Å². The quantitative estimate of drug-likeness (QED) is 0.326. The highest BCUT2D eigenvalue weighted by Crippen LogP contribution is 2.13. The molecule has 0 aliphatic heterocycles. The summed E-state index contributed by atoms with van der Waals surface area (Å²) in [7, 11) is 0. The number of Topliss-reactive ketones (excluding diaryl/α,β-unsaturated/α-hetero) is 1. The van der Waals surface area contributed by atoms with E-state index in [9.17, 15) is 9.59 Å². The van der Waals surface area contributed by atoms with Gasteiger partial charge in [-0.2, -0.15) is 0 Å². The van der Waals surface area contributed by atoms with Crippen molar-refractivity contribution >= 4 is 23.4 Å². The fraction of sp³-hybridized carbons (Fsp3) is 0.500. The molecule has 0 unspecified atom stereocenters. The lowest BCUT2D eigenvalue weighted by Gasteiger charge is -1.98. The van der Waals surface area contributed by atoms with Crippen LogP contribution in [0.15, 0.2) is 16.5 Å². The molecule has 0 radical (unpaired) electrons. The number of hydrogen-bond acceptors (Lipinski definition) is 4. The Kier molecular flexibility index (Phi) is 5.77. The SMILES string of the molecule is CCOC(=O)c1ccc(C(=O)CCCCCl)o1. The molecule has 1 aromatic heterocycles. The van der Waals surface area contributed by atoms with E-state index in [0.29, 0.717) is 12.3 Å². The van der Waals surface area contributed by atoms with Gasteiger partial charge in [0.2, 0.25) is 5.76 Å². The number of halogens is 1. The van der Waals surface area contributed by atoms with Gasteiger partial charge >= 0.3 is 5.97 Å².